The Morgan fingerprint density at radius 2 is 2.12 bits per heavy atom. The number of allylic oxidation sites excluding steroid dienone is 1. The van der Waals surface area contributed by atoms with Crippen molar-refractivity contribution in [1.82, 2.24) is 5.32 Å². The van der Waals surface area contributed by atoms with Gasteiger partial charge in [-0.15, -0.1) is 6.58 Å². The summed E-state index contributed by atoms with van der Waals surface area (Å²) in [5.74, 6) is 0. The summed E-state index contributed by atoms with van der Waals surface area (Å²) in [5, 5.41) is 3.15. The lowest BCUT2D eigenvalue weighted by Crippen LogP contribution is -2.35. The summed E-state index contributed by atoms with van der Waals surface area (Å²) in [6.45, 7) is 5.30. The van der Waals surface area contributed by atoms with E-state index in [0.29, 0.717) is 0 Å². The van der Waals surface area contributed by atoms with E-state index in [2.05, 4.69) is 16.6 Å². The fourth-order valence-corrected chi connectivity index (χ4v) is 1.23. The van der Waals surface area contributed by atoms with Crippen molar-refractivity contribution in [2.24, 2.45) is 0 Å². The summed E-state index contributed by atoms with van der Waals surface area (Å²) in [6, 6.07) is -0.0275. The van der Waals surface area contributed by atoms with Gasteiger partial charge in [-0.1, -0.05) is 13.0 Å². The van der Waals surface area contributed by atoms with Crippen molar-refractivity contribution in [1.29, 1.82) is 0 Å². The zero-order valence-corrected chi connectivity index (χ0v) is 9.65. The first-order valence-electron chi connectivity index (χ1n) is 5.48. The molecule has 0 saturated heterocycles. The third kappa shape index (κ3) is 9.98. The van der Waals surface area contributed by atoms with E-state index in [9.17, 15) is 13.2 Å². The maximum absolute atomic E-state index is 11.8. The van der Waals surface area contributed by atoms with E-state index in [4.69, 9.17) is 0 Å². The monoisotopic (exact) mass is 239 g/mol. The molecule has 0 aromatic heterocycles. The zero-order chi connectivity index (χ0) is 12.4. The fraction of sp³-hybridized carbons (Fsp3) is 0.818. The van der Waals surface area contributed by atoms with Crippen molar-refractivity contribution in [3.8, 4) is 0 Å². The summed E-state index contributed by atoms with van der Waals surface area (Å²) in [5.41, 5.74) is 0. The van der Waals surface area contributed by atoms with Gasteiger partial charge in [0.15, 0.2) is 0 Å². The summed E-state index contributed by atoms with van der Waals surface area (Å²) < 4.78 is 40.2. The lowest BCUT2D eigenvalue weighted by Gasteiger charge is -2.18. The molecule has 0 fully saturated rings. The Morgan fingerprint density at radius 3 is 2.62 bits per heavy atom. The fourth-order valence-electron chi connectivity index (χ4n) is 1.23. The number of nitrogens with one attached hydrogen (secondary N) is 1. The number of hydrogen-bond donors (Lipinski definition) is 1. The van der Waals surface area contributed by atoms with E-state index >= 15 is 0 Å². The number of rotatable bonds is 9. The van der Waals surface area contributed by atoms with Crippen LogP contribution in [-0.4, -0.2) is 32.0 Å². The summed E-state index contributed by atoms with van der Waals surface area (Å²) in [7, 11) is 0. The van der Waals surface area contributed by atoms with Gasteiger partial charge in [0, 0.05) is 6.04 Å². The first kappa shape index (κ1) is 15.4. The van der Waals surface area contributed by atoms with Crippen LogP contribution in [0.5, 0.6) is 0 Å². The quantitative estimate of drug-likeness (QED) is 0.625. The highest BCUT2D eigenvalue weighted by atomic mass is 19.4. The van der Waals surface area contributed by atoms with Crippen LogP contribution < -0.4 is 5.32 Å². The van der Waals surface area contributed by atoms with E-state index < -0.39 is 12.8 Å². The van der Waals surface area contributed by atoms with E-state index in [-0.39, 0.29) is 12.6 Å². The first-order valence-corrected chi connectivity index (χ1v) is 5.48. The van der Waals surface area contributed by atoms with Gasteiger partial charge in [0.25, 0.3) is 0 Å². The molecule has 0 aliphatic heterocycles. The van der Waals surface area contributed by atoms with Crippen LogP contribution in [-0.2, 0) is 4.74 Å². The van der Waals surface area contributed by atoms with E-state index in [1.54, 1.807) is 6.08 Å². The van der Waals surface area contributed by atoms with Crippen LogP contribution in [0.25, 0.3) is 0 Å². The third-order valence-electron chi connectivity index (χ3n) is 1.99. The number of ether oxygens (including phenoxy) is 1. The second kappa shape index (κ2) is 8.58. The predicted molar refractivity (Wildman–Crippen MR) is 58.4 cm³/mol. The highest BCUT2D eigenvalue weighted by Crippen LogP contribution is 2.14. The largest absolute Gasteiger partial charge is 0.411 e. The van der Waals surface area contributed by atoms with Gasteiger partial charge in [0.1, 0.15) is 6.61 Å². The molecule has 0 aromatic rings. The minimum atomic E-state index is -4.24. The van der Waals surface area contributed by atoms with Gasteiger partial charge in [0.05, 0.1) is 6.61 Å². The second-order valence-electron chi connectivity index (χ2n) is 3.65. The van der Waals surface area contributed by atoms with Crippen molar-refractivity contribution >= 4 is 0 Å². The Balaban J connectivity index is 3.76. The van der Waals surface area contributed by atoms with Crippen molar-refractivity contribution in [2.75, 3.05) is 19.8 Å². The second-order valence-corrected chi connectivity index (χ2v) is 3.65. The Hall–Kier alpha value is -0.550. The third-order valence-corrected chi connectivity index (χ3v) is 1.99. The van der Waals surface area contributed by atoms with Gasteiger partial charge in [-0.25, -0.2) is 0 Å². The lowest BCUT2D eigenvalue weighted by molar-refractivity contribution is -0.175. The van der Waals surface area contributed by atoms with E-state index in [0.717, 1.165) is 25.8 Å². The molecular weight excluding hydrogens is 219 g/mol. The van der Waals surface area contributed by atoms with Crippen LogP contribution in [0.2, 0.25) is 0 Å². The van der Waals surface area contributed by atoms with E-state index in [1.165, 1.54) is 0 Å². The molecular formula is C11H20F3NO. The Kier molecular flexibility index (Phi) is 8.29. The Morgan fingerprint density at radius 1 is 1.44 bits per heavy atom. The lowest BCUT2D eigenvalue weighted by atomic mass is 10.1. The highest BCUT2D eigenvalue weighted by molar-refractivity contribution is 4.73. The van der Waals surface area contributed by atoms with Crippen molar-refractivity contribution in [3.05, 3.63) is 12.7 Å². The van der Waals surface area contributed by atoms with Crippen LogP contribution in [0.15, 0.2) is 12.7 Å². The van der Waals surface area contributed by atoms with Crippen molar-refractivity contribution in [3.63, 3.8) is 0 Å². The summed E-state index contributed by atoms with van der Waals surface area (Å²) in [4.78, 5) is 0. The van der Waals surface area contributed by atoms with Gasteiger partial charge in [-0.3, -0.25) is 0 Å². The summed E-state index contributed by atoms with van der Waals surface area (Å²) >= 11 is 0. The maximum atomic E-state index is 11.8. The molecule has 1 atom stereocenters. The maximum Gasteiger partial charge on any atom is 0.411 e. The van der Waals surface area contributed by atoms with E-state index in [1.807, 2.05) is 6.92 Å². The van der Waals surface area contributed by atoms with Crippen LogP contribution in [0, 0.1) is 0 Å². The standard InChI is InChI=1S/C11H20F3NO/c1-3-5-6-10(15-7-4-2)8-16-9-11(12,13)14/h3,10,15H,1,4-9H2,2H3. The topological polar surface area (TPSA) is 21.3 Å². The molecule has 0 aromatic carbocycles. The van der Waals surface area contributed by atoms with Gasteiger partial charge in [-0.2, -0.15) is 13.2 Å². The predicted octanol–water partition coefficient (Wildman–Crippen LogP) is 2.90. The molecule has 0 rings (SSSR count). The minimum absolute atomic E-state index is 0.0275. The minimum Gasteiger partial charge on any atom is -0.370 e. The van der Waals surface area contributed by atoms with Gasteiger partial charge in [0.2, 0.25) is 0 Å². The molecule has 2 nitrogen and oxygen atoms in total. The van der Waals surface area contributed by atoms with Crippen LogP contribution >= 0.6 is 0 Å². The molecule has 0 bridgehead atoms. The molecule has 0 spiro atoms. The number of hydrogen-bond acceptors (Lipinski definition) is 2. The molecule has 0 saturated carbocycles. The van der Waals surface area contributed by atoms with Crippen molar-refractivity contribution < 1.29 is 17.9 Å². The average Bonchev–Trinajstić information content (AvgIpc) is 2.19. The Labute approximate surface area is 94.9 Å². The van der Waals surface area contributed by atoms with Gasteiger partial charge >= 0.3 is 6.18 Å². The first-order chi connectivity index (χ1) is 7.49. The van der Waals surface area contributed by atoms with Crippen LogP contribution in [0.4, 0.5) is 13.2 Å². The molecule has 16 heavy (non-hydrogen) atoms. The molecule has 0 heterocycles. The molecule has 0 aliphatic carbocycles. The van der Waals surface area contributed by atoms with Crippen LogP contribution in [0.3, 0.4) is 0 Å². The number of halogens is 3. The molecule has 1 unspecified atom stereocenters. The van der Waals surface area contributed by atoms with Gasteiger partial charge < -0.3 is 10.1 Å². The average molecular weight is 239 g/mol. The number of alkyl halides is 3. The highest BCUT2D eigenvalue weighted by Gasteiger charge is 2.27. The molecule has 5 heteroatoms. The molecule has 1 N–H and O–H groups in total. The summed E-state index contributed by atoms with van der Waals surface area (Å²) in [6.07, 6.45) is -0.0138. The molecule has 0 aliphatic rings. The molecule has 96 valence electrons. The van der Waals surface area contributed by atoms with Crippen molar-refractivity contribution in [2.45, 2.75) is 38.4 Å². The smallest absolute Gasteiger partial charge is 0.370 e. The zero-order valence-electron chi connectivity index (χ0n) is 9.65. The van der Waals surface area contributed by atoms with Crippen LogP contribution in [0.1, 0.15) is 26.2 Å². The normalized spacial score (nSPS) is 13.8. The van der Waals surface area contributed by atoms with Gasteiger partial charge in [-0.05, 0) is 25.8 Å². The Bertz CT molecular complexity index is 183. The molecule has 0 radical (unpaired) electrons. The SMILES string of the molecule is C=CCCC(COCC(F)(F)F)NCCC. The molecule has 0 amide bonds.